The Balaban J connectivity index is 2.31. The highest BCUT2D eigenvalue weighted by Gasteiger charge is 2.57. The maximum Gasteiger partial charge on any atom is 0.408 e. The summed E-state index contributed by atoms with van der Waals surface area (Å²) in [5.74, 6) is 0. The van der Waals surface area contributed by atoms with Gasteiger partial charge in [0.15, 0.2) is 0 Å². The summed E-state index contributed by atoms with van der Waals surface area (Å²) in [6.45, 7) is 5.77. The highest BCUT2D eigenvalue weighted by atomic mass is 31.2. The van der Waals surface area contributed by atoms with Crippen LogP contribution in [0.3, 0.4) is 0 Å². The number of alkyl carbamates (subject to hydrolysis) is 1. The van der Waals surface area contributed by atoms with Crippen LogP contribution in [0, 0.1) is 5.41 Å². The van der Waals surface area contributed by atoms with Gasteiger partial charge >= 0.3 is 19.8 Å². The van der Waals surface area contributed by atoms with E-state index in [1.807, 2.05) is 51.1 Å². The van der Waals surface area contributed by atoms with E-state index in [1.165, 1.54) is 19.1 Å². The molecule has 2 atom stereocenters. The quantitative estimate of drug-likeness (QED) is 0.632. The van der Waals surface area contributed by atoms with Gasteiger partial charge in [-0.1, -0.05) is 51.1 Å². The second-order valence-corrected chi connectivity index (χ2v) is 11.0. The second-order valence-electron chi connectivity index (χ2n) is 8.39. The summed E-state index contributed by atoms with van der Waals surface area (Å²) in [7, 11) is -1.33. The van der Waals surface area contributed by atoms with Gasteiger partial charge in [0.05, 0.1) is 0 Å². The van der Waals surface area contributed by atoms with E-state index in [1.54, 1.807) is 0 Å². The Hall–Kier alpha value is -2.09. The van der Waals surface area contributed by atoms with Gasteiger partial charge in [-0.25, -0.2) is 9.59 Å². The number of hydrogen-bond acceptors (Lipinski definition) is 6. The van der Waals surface area contributed by atoms with E-state index in [-0.39, 0.29) is 26.0 Å². The molecular formula is C20H31N2O7P. The minimum absolute atomic E-state index is 0.0387. The fraction of sp³-hybridized carbons (Fsp3) is 0.600. The molecule has 0 aliphatic carbocycles. The van der Waals surface area contributed by atoms with Crippen LogP contribution in [-0.4, -0.2) is 54.3 Å². The molecule has 1 fully saturated rings. The first-order chi connectivity index (χ1) is 14.0. The third-order valence-electron chi connectivity index (χ3n) is 5.47. The lowest BCUT2D eigenvalue weighted by Gasteiger charge is -2.50. The van der Waals surface area contributed by atoms with Gasteiger partial charge in [-0.15, -0.1) is 0 Å². The Kier molecular flexibility index (Phi) is 7.55. The summed E-state index contributed by atoms with van der Waals surface area (Å²) in [5, 5.41) is 10.9. The second kappa shape index (κ2) is 9.37. The molecule has 1 aromatic carbocycles. The van der Waals surface area contributed by atoms with E-state index in [4.69, 9.17) is 13.8 Å². The van der Waals surface area contributed by atoms with Crippen LogP contribution in [0.2, 0.25) is 0 Å². The zero-order valence-electron chi connectivity index (χ0n) is 18.1. The van der Waals surface area contributed by atoms with Crippen molar-refractivity contribution in [1.29, 1.82) is 0 Å². The molecule has 1 aliphatic rings. The van der Waals surface area contributed by atoms with Crippen LogP contribution in [0.4, 0.5) is 9.59 Å². The number of nitrogens with one attached hydrogen (secondary N) is 1. The first-order valence-electron chi connectivity index (χ1n) is 9.68. The van der Waals surface area contributed by atoms with E-state index in [0.29, 0.717) is 0 Å². The van der Waals surface area contributed by atoms with Crippen molar-refractivity contribution in [2.45, 2.75) is 51.5 Å². The number of nitrogens with zero attached hydrogens (tertiary/aromatic N) is 1. The average molecular weight is 442 g/mol. The fourth-order valence-corrected chi connectivity index (χ4v) is 5.65. The van der Waals surface area contributed by atoms with Crippen LogP contribution in [0.5, 0.6) is 0 Å². The molecule has 30 heavy (non-hydrogen) atoms. The zero-order valence-corrected chi connectivity index (χ0v) is 19.0. The van der Waals surface area contributed by atoms with Crippen LogP contribution in [0.15, 0.2) is 30.3 Å². The van der Waals surface area contributed by atoms with Gasteiger partial charge in [0.2, 0.25) is 0 Å². The highest BCUT2D eigenvalue weighted by molar-refractivity contribution is 7.55. The molecular weight excluding hydrogens is 411 g/mol. The number of piperidine rings is 1. The molecule has 0 aromatic heterocycles. The molecule has 1 aromatic rings. The summed E-state index contributed by atoms with van der Waals surface area (Å²) in [6, 6.07) is 8.62. The van der Waals surface area contributed by atoms with Gasteiger partial charge in [-0.2, -0.15) is 0 Å². The van der Waals surface area contributed by atoms with Crippen molar-refractivity contribution in [2.75, 3.05) is 20.8 Å². The monoisotopic (exact) mass is 442 g/mol. The Morgan fingerprint density at radius 1 is 1.23 bits per heavy atom. The number of rotatable bonds is 6. The molecule has 1 aliphatic heterocycles. The number of amides is 2. The Labute approximate surface area is 177 Å². The van der Waals surface area contributed by atoms with Crippen LogP contribution in [0.25, 0.3) is 0 Å². The lowest BCUT2D eigenvalue weighted by molar-refractivity contribution is 0.0310. The van der Waals surface area contributed by atoms with Crippen molar-refractivity contribution < 1.29 is 33.0 Å². The average Bonchev–Trinajstić information content (AvgIpc) is 2.71. The molecule has 0 bridgehead atoms. The zero-order chi connectivity index (χ0) is 22.6. The molecule has 2 amide bonds. The summed E-state index contributed by atoms with van der Waals surface area (Å²) >= 11 is 0. The maximum atomic E-state index is 13.5. The smallest absolute Gasteiger partial charge is 0.408 e. The summed E-state index contributed by atoms with van der Waals surface area (Å²) in [6.07, 6.45) is -1.72. The summed E-state index contributed by atoms with van der Waals surface area (Å²) < 4.78 is 29.3. The van der Waals surface area contributed by atoms with Crippen molar-refractivity contribution in [1.82, 2.24) is 10.2 Å². The number of carboxylic acid groups (broad SMARTS) is 1. The molecule has 2 rings (SSSR count). The SMILES string of the molecule is COP(=O)(OC)C1(NC(=O)OCc2ccccc2)CCN(C(=O)O)C(C(C)(C)C)C1. The minimum atomic E-state index is -3.83. The fourth-order valence-electron chi connectivity index (χ4n) is 3.80. The van der Waals surface area contributed by atoms with E-state index >= 15 is 0 Å². The topological polar surface area (TPSA) is 114 Å². The maximum absolute atomic E-state index is 13.5. The van der Waals surface area contributed by atoms with Gasteiger partial charge in [0.25, 0.3) is 0 Å². The summed E-state index contributed by atoms with van der Waals surface area (Å²) in [4.78, 5) is 25.7. The first-order valence-corrected chi connectivity index (χ1v) is 11.2. The largest absolute Gasteiger partial charge is 0.465 e. The molecule has 0 spiro atoms. The first kappa shape index (κ1) is 24.2. The van der Waals surface area contributed by atoms with Crippen LogP contribution in [0.1, 0.15) is 39.2 Å². The number of hydrogen-bond donors (Lipinski definition) is 2. The lowest BCUT2D eigenvalue weighted by atomic mass is 9.79. The third kappa shape index (κ3) is 5.14. The minimum Gasteiger partial charge on any atom is -0.465 e. The van der Waals surface area contributed by atoms with Gasteiger partial charge < -0.3 is 29.1 Å². The Morgan fingerprint density at radius 3 is 2.33 bits per heavy atom. The van der Waals surface area contributed by atoms with Crippen molar-refractivity contribution in [3.8, 4) is 0 Å². The third-order valence-corrected chi connectivity index (χ3v) is 8.00. The molecule has 10 heteroatoms. The van der Waals surface area contributed by atoms with Gasteiger partial charge in [-0.3, -0.25) is 4.57 Å². The Bertz CT molecular complexity index is 788. The standard InChI is InChI=1S/C20H31N2O7P/c1-19(2,3)16-13-20(30(26,27-4)28-5,11-12-22(16)18(24)25)21-17(23)29-14-15-9-7-6-8-10-15/h6-10,16H,11-14H2,1-5H3,(H,21,23)(H,24,25). The predicted octanol–water partition coefficient (Wildman–Crippen LogP) is 4.28. The molecule has 0 saturated carbocycles. The molecule has 0 radical (unpaired) electrons. The van der Waals surface area contributed by atoms with Gasteiger partial charge in [0, 0.05) is 39.6 Å². The molecule has 168 valence electrons. The lowest BCUT2D eigenvalue weighted by Crippen LogP contribution is -2.62. The number of carbonyl (C=O) groups is 2. The van der Waals surface area contributed by atoms with Gasteiger partial charge in [0.1, 0.15) is 11.9 Å². The van der Waals surface area contributed by atoms with Crippen LogP contribution in [-0.2, 0) is 25.0 Å². The van der Waals surface area contributed by atoms with E-state index < -0.39 is 36.5 Å². The Morgan fingerprint density at radius 2 is 1.83 bits per heavy atom. The summed E-state index contributed by atoms with van der Waals surface area (Å²) in [5.41, 5.74) is 0.322. The number of ether oxygens (including phenoxy) is 1. The van der Waals surface area contributed by atoms with E-state index in [0.717, 1.165) is 5.56 Å². The molecule has 1 heterocycles. The molecule has 9 nitrogen and oxygen atoms in total. The molecule has 2 N–H and O–H groups in total. The molecule has 2 unspecified atom stereocenters. The number of likely N-dealkylation sites (tertiary alicyclic amines) is 1. The van der Waals surface area contributed by atoms with Crippen LogP contribution >= 0.6 is 7.60 Å². The number of benzene rings is 1. The van der Waals surface area contributed by atoms with Gasteiger partial charge in [-0.05, 0) is 11.0 Å². The molecule has 1 saturated heterocycles. The predicted molar refractivity (Wildman–Crippen MR) is 111 cm³/mol. The highest BCUT2D eigenvalue weighted by Crippen LogP contribution is 2.63. The van der Waals surface area contributed by atoms with Crippen molar-refractivity contribution in [3.05, 3.63) is 35.9 Å². The van der Waals surface area contributed by atoms with Crippen molar-refractivity contribution in [3.63, 3.8) is 0 Å². The number of carbonyl (C=O) groups excluding carboxylic acids is 1. The van der Waals surface area contributed by atoms with Crippen LogP contribution < -0.4 is 5.32 Å². The van der Waals surface area contributed by atoms with Crippen molar-refractivity contribution >= 4 is 19.8 Å². The normalized spacial score (nSPS) is 22.4. The van der Waals surface area contributed by atoms with E-state index in [9.17, 15) is 19.3 Å². The van der Waals surface area contributed by atoms with Crippen molar-refractivity contribution in [2.24, 2.45) is 5.41 Å². The van der Waals surface area contributed by atoms with E-state index in [2.05, 4.69) is 5.32 Å².